The van der Waals surface area contributed by atoms with Crippen molar-refractivity contribution in [2.75, 3.05) is 5.73 Å². The standard InChI is InChI=1S/C10H11F2NO2/c1-5-8(13)4-3-7(6(2)14)9(5)15-10(11)12/h3-4,10H,13H2,1-2H3. The average Bonchev–Trinajstić information content (AvgIpc) is 2.12. The number of rotatable bonds is 3. The summed E-state index contributed by atoms with van der Waals surface area (Å²) in [6.07, 6.45) is 0. The van der Waals surface area contributed by atoms with Crippen molar-refractivity contribution in [2.24, 2.45) is 0 Å². The lowest BCUT2D eigenvalue weighted by Gasteiger charge is -2.13. The lowest BCUT2D eigenvalue weighted by molar-refractivity contribution is -0.0505. The number of hydrogen-bond donors (Lipinski definition) is 1. The molecule has 0 saturated carbocycles. The smallest absolute Gasteiger partial charge is 0.387 e. The number of carbonyl (C=O) groups excluding carboxylic acids is 1. The molecule has 1 aromatic carbocycles. The summed E-state index contributed by atoms with van der Waals surface area (Å²) in [6, 6.07) is 2.87. The zero-order chi connectivity index (χ0) is 11.6. The zero-order valence-electron chi connectivity index (χ0n) is 8.38. The summed E-state index contributed by atoms with van der Waals surface area (Å²) in [5.41, 5.74) is 6.31. The molecule has 2 N–H and O–H groups in total. The van der Waals surface area contributed by atoms with Crippen LogP contribution >= 0.6 is 0 Å². The van der Waals surface area contributed by atoms with E-state index in [0.717, 1.165) is 0 Å². The second kappa shape index (κ2) is 4.25. The van der Waals surface area contributed by atoms with Crippen molar-refractivity contribution in [2.45, 2.75) is 20.5 Å². The molecule has 0 spiro atoms. The van der Waals surface area contributed by atoms with Gasteiger partial charge >= 0.3 is 6.61 Å². The molecule has 0 unspecified atom stereocenters. The van der Waals surface area contributed by atoms with Crippen LogP contribution in [-0.2, 0) is 0 Å². The van der Waals surface area contributed by atoms with Crippen molar-refractivity contribution in [3.63, 3.8) is 0 Å². The first-order chi connectivity index (χ1) is 6.93. The Bertz CT molecular complexity index is 391. The first-order valence-electron chi connectivity index (χ1n) is 4.28. The van der Waals surface area contributed by atoms with Gasteiger partial charge in [-0.2, -0.15) is 8.78 Å². The van der Waals surface area contributed by atoms with E-state index in [1.807, 2.05) is 0 Å². The molecule has 0 atom stereocenters. The quantitative estimate of drug-likeness (QED) is 0.622. The summed E-state index contributed by atoms with van der Waals surface area (Å²) < 4.78 is 28.5. The number of nitrogens with two attached hydrogens (primary N) is 1. The minimum atomic E-state index is -2.97. The summed E-state index contributed by atoms with van der Waals surface area (Å²) in [5, 5.41) is 0. The normalized spacial score (nSPS) is 10.5. The van der Waals surface area contributed by atoms with Gasteiger partial charge in [-0.3, -0.25) is 4.79 Å². The third-order valence-corrected chi connectivity index (χ3v) is 2.03. The van der Waals surface area contributed by atoms with Crippen LogP contribution in [0.5, 0.6) is 5.75 Å². The average molecular weight is 215 g/mol. The predicted octanol–water partition coefficient (Wildman–Crippen LogP) is 2.38. The zero-order valence-corrected chi connectivity index (χ0v) is 8.38. The molecule has 0 radical (unpaired) electrons. The monoisotopic (exact) mass is 215 g/mol. The van der Waals surface area contributed by atoms with Crippen molar-refractivity contribution in [3.05, 3.63) is 23.3 Å². The molecular formula is C10H11F2NO2. The van der Waals surface area contributed by atoms with Crippen LogP contribution in [0.2, 0.25) is 0 Å². The van der Waals surface area contributed by atoms with Crippen LogP contribution in [0, 0.1) is 6.92 Å². The number of alkyl halides is 2. The summed E-state index contributed by atoms with van der Waals surface area (Å²) in [5.74, 6) is -0.480. The summed E-state index contributed by atoms with van der Waals surface area (Å²) >= 11 is 0. The summed E-state index contributed by atoms with van der Waals surface area (Å²) in [7, 11) is 0. The molecular weight excluding hydrogens is 204 g/mol. The van der Waals surface area contributed by atoms with Gasteiger partial charge in [-0.15, -0.1) is 0 Å². The topological polar surface area (TPSA) is 52.3 Å². The first kappa shape index (κ1) is 11.4. The summed E-state index contributed by atoms with van der Waals surface area (Å²) in [6.45, 7) is -0.161. The fourth-order valence-corrected chi connectivity index (χ4v) is 1.23. The molecule has 1 aromatic rings. The maximum Gasteiger partial charge on any atom is 0.387 e. The van der Waals surface area contributed by atoms with Crippen LogP contribution in [0.3, 0.4) is 0 Å². The van der Waals surface area contributed by atoms with Crippen molar-refractivity contribution in [1.29, 1.82) is 0 Å². The molecule has 0 aliphatic carbocycles. The van der Waals surface area contributed by atoms with E-state index >= 15 is 0 Å². The van der Waals surface area contributed by atoms with E-state index in [1.165, 1.54) is 26.0 Å². The molecule has 0 saturated heterocycles. The van der Waals surface area contributed by atoms with E-state index in [1.54, 1.807) is 0 Å². The third-order valence-electron chi connectivity index (χ3n) is 2.03. The molecule has 0 aliphatic rings. The highest BCUT2D eigenvalue weighted by atomic mass is 19.3. The van der Waals surface area contributed by atoms with Gasteiger partial charge in [0.2, 0.25) is 0 Å². The van der Waals surface area contributed by atoms with Crippen LogP contribution in [0.1, 0.15) is 22.8 Å². The molecule has 0 fully saturated rings. The molecule has 5 heteroatoms. The van der Waals surface area contributed by atoms with Gasteiger partial charge in [0.15, 0.2) is 5.78 Å². The second-order valence-corrected chi connectivity index (χ2v) is 3.09. The Hall–Kier alpha value is -1.65. The number of halogens is 2. The van der Waals surface area contributed by atoms with E-state index in [9.17, 15) is 13.6 Å². The van der Waals surface area contributed by atoms with Gasteiger partial charge in [0.1, 0.15) is 5.75 Å². The molecule has 0 amide bonds. The highest BCUT2D eigenvalue weighted by molar-refractivity contribution is 5.97. The van der Waals surface area contributed by atoms with Gasteiger partial charge in [0.25, 0.3) is 0 Å². The number of nitrogen functional groups attached to an aromatic ring is 1. The van der Waals surface area contributed by atoms with Gasteiger partial charge in [0, 0.05) is 11.3 Å². The highest BCUT2D eigenvalue weighted by Gasteiger charge is 2.16. The van der Waals surface area contributed by atoms with Crippen LogP contribution in [-0.4, -0.2) is 12.4 Å². The molecule has 0 heterocycles. The Kier molecular flexibility index (Phi) is 3.24. The van der Waals surface area contributed by atoms with E-state index in [2.05, 4.69) is 4.74 Å². The Morgan fingerprint density at radius 2 is 2.07 bits per heavy atom. The van der Waals surface area contributed by atoms with Gasteiger partial charge in [0.05, 0.1) is 5.56 Å². The van der Waals surface area contributed by atoms with Crippen LogP contribution in [0.15, 0.2) is 12.1 Å². The molecule has 1 rings (SSSR count). The maximum absolute atomic E-state index is 12.1. The van der Waals surface area contributed by atoms with Crippen LogP contribution in [0.4, 0.5) is 14.5 Å². The minimum Gasteiger partial charge on any atom is -0.434 e. The number of anilines is 1. The SMILES string of the molecule is CC(=O)c1ccc(N)c(C)c1OC(F)F. The third kappa shape index (κ3) is 2.43. The molecule has 0 bridgehead atoms. The van der Waals surface area contributed by atoms with Crippen molar-refractivity contribution in [3.8, 4) is 5.75 Å². The van der Waals surface area contributed by atoms with Gasteiger partial charge in [-0.25, -0.2) is 0 Å². The Balaban J connectivity index is 3.28. The van der Waals surface area contributed by atoms with Crippen LogP contribution in [0.25, 0.3) is 0 Å². The van der Waals surface area contributed by atoms with E-state index < -0.39 is 6.61 Å². The number of ketones is 1. The second-order valence-electron chi connectivity index (χ2n) is 3.09. The number of ether oxygens (including phenoxy) is 1. The number of benzene rings is 1. The highest BCUT2D eigenvalue weighted by Crippen LogP contribution is 2.29. The Labute approximate surface area is 85.8 Å². The van der Waals surface area contributed by atoms with Crippen LogP contribution < -0.4 is 10.5 Å². The Morgan fingerprint density at radius 1 is 1.47 bits per heavy atom. The predicted molar refractivity (Wildman–Crippen MR) is 52.2 cm³/mol. The number of hydrogen-bond acceptors (Lipinski definition) is 3. The molecule has 82 valence electrons. The lowest BCUT2D eigenvalue weighted by atomic mass is 10.1. The fraction of sp³-hybridized carbons (Fsp3) is 0.300. The van der Waals surface area contributed by atoms with Gasteiger partial charge < -0.3 is 10.5 Å². The first-order valence-corrected chi connectivity index (χ1v) is 4.28. The minimum absolute atomic E-state index is 0.113. The number of carbonyl (C=O) groups is 1. The summed E-state index contributed by atoms with van der Waals surface area (Å²) in [4.78, 5) is 11.1. The lowest BCUT2D eigenvalue weighted by Crippen LogP contribution is -2.09. The molecule has 3 nitrogen and oxygen atoms in total. The van der Waals surface area contributed by atoms with Gasteiger partial charge in [-0.1, -0.05) is 0 Å². The van der Waals surface area contributed by atoms with E-state index in [-0.39, 0.29) is 17.1 Å². The van der Waals surface area contributed by atoms with Crippen molar-refractivity contribution in [1.82, 2.24) is 0 Å². The van der Waals surface area contributed by atoms with Crippen molar-refractivity contribution >= 4 is 11.5 Å². The number of Topliss-reactive ketones (excluding diaryl/α,β-unsaturated/α-hetero) is 1. The van der Waals surface area contributed by atoms with Gasteiger partial charge in [-0.05, 0) is 26.0 Å². The molecule has 15 heavy (non-hydrogen) atoms. The fourth-order valence-electron chi connectivity index (χ4n) is 1.23. The maximum atomic E-state index is 12.1. The van der Waals surface area contributed by atoms with Crippen molar-refractivity contribution < 1.29 is 18.3 Å². The van der Waals surface area contributed by atoms with E-state index in [4.69, 9.17) is 5.73 Å². The van der Waals surface area contributed by atoms with E-state index in [0.29, 0.717) is 11.3 Å². The molecule has 0 aromatic heterocycles. The largest absolute Gasteiger partial charge is 0.434 e. The molecule has 0 aliphatic heterocycles. The Morgan fingerprint density at radius 3 is 2.53 bits per heavy atom.